The molecule has 2 rings (SSSR count). The van der Waals surface area contributed by atoms with Crippen LogP contribution in [0.1, 0.15) is 11.8 Å². The van der Waals surface area contributed by atoms with E-state index >= 15 is 0 Å². The second-order valence-electron chi connectivity index (χ2n) is 3.08. The molecule has 0 amide bonds. The molecule has 1 N–H and O–H groups in total. The summed E-state index contributed by atoms with van der Waals surface area (Å²) in [5.41, 5.74) is 0.812. The fourth-order valence-electron chi connectivity index (χ4n) is 1.15. The number of hydrogen-bond acceptors (Lipinski definition) is 4. The topological polar surface area (TPSA) is 51.0 Å². The highest BCUT2D eigenvalue weighted by molar-refractivity contribution is 5.42. The van der Waals surface area contributed by atoms with Gasteiger partial charge in [0.25, 0.3) is 0 Å². The van der Waals surface area contributed by atoms with E-state index in [4.69, 9.17) is 4.42 Å². The summed E-state index contributed by atoms with van der Waals surface area (Å²) in [5, 5.41) is 10.6. The van der Waals surface area contributed by atoms with Gasteiger partial charge >= 0.3 is 0 Å². The van der Waals surface area contributed by atoms with Crippen molar-refractivity contribution in [2.24, 2.45) is 0 Å². The highest BCUT2D eigenvalue weighted by atomic mass is 19.1. The smallest absolute Gasteiger partial charge is 0.235 e. The lowest BCUT2D eigenvalue weighted by molar-refractivity contribution is 0.475. The number of aryl methyl sites for hydroxylation is 1. The van der Waals surface area contributed by atoms with Crippen LogP contribution in [0.3, 0.4) is 0 Å². The van der Waals surface area contributed by atoms with Crippen molar-refractivity contribution in [2.75, 3.05) is 5.32 Å². The quantitative estimate of drug-likeness (QED) is 0.837. The first-order valence-corrected chi connectivity index (χ1v) is 4.52. The molecule has 78 valence electrons. The van der Waals surface area contributed by atoms with Gasteiger partial charge in [-0.25, -0.2) is 4.39 Å². The number of halogens is 1. The molecule has 1 heterocycles. The molecule has 0 atom stereocenters. The van der Waals surface area contributed by atoms with Crippen LogP contribution in [0.25, 0.3) is 0 Å². The first kappa shape index (κ1) is 9.64. The maximum Gasteiger partial charge on any atom is 0.235 e. The van der Waals surface area contributed by atoms with Crippen molar-refractivity contribution in [1.82, 2.24) is 10.2 Å². The number of benzene rings is 1. The van der Waals surface area contributed by atoms with E-state index in [0.29, 0.717) is 18.3 Å². The van der Waals surface area contributed by atoms with E-state index in [-0.39, 0.29) is 5.82 Å². The van der Waals surface area contributed by atoms with Crippen LogP contribution in [0.15, 0.2) is 28.7 Å². The molecule has 0 aliphatic rings. The number of nitrogens with zero attached hydrogens (tertiary/aromatic N) is 2. The lowest BCUT2D eigenvalue weighted by atomic mass is 10.3. The number of nitrogens with one attached hydrogen (secondary N) is 1. The van der Waals surface area contributed by atoms with Crippen LogP contribution < -0.4 is 5.32 Å². The normalized spacial score (nSPS) is 10.3. The van der Waals surface area contributed by atoms with Crippen molar-refractivity contribution in [3.8, 4) is 0 Å². The standard InChI is InChI=1S/C10H10FN3O/c1-7-13-14-10(15-7)6-12-9-4-2-8(11)3-5-9/h2-5,12H,6H2,1H3. The fraction of sp³-hybridized carbons (Fsp3) is 0.200. The lowest BCUT2D eigenvalue weighted by Gasteiger charge is -2.02. The summed E-state index contributed by atoms with van der Waals surface area (Å²) in [5.74, 6) is 0.789. The average Bonchev–Trinajstić information content (AvgIpc) is 2.64. The van der Waals surface area contributed by atoms with Gasteiger partial charge in [-0.15, -0.1) is 10.2 Å². The zero-order valence-corrected chi connectivity index (χ0v) is 8.20. The summed E-state index contributed by atoms with van der Waals surface area (Å²) >= 11 is 0. The molecule has 2 aromatic rings. The SMILES string of the molecule is Cc1nnc(CNc2ccc(F)cc2)o1. The lowest BCUT2D eigenvalue weighted by Crippen LogP contribution is -1.99. The third-order valence-electron chi connectivity index (χ3n) is 1.86. The summed E-state index contributed by atoms with van der Waals surface area (Å²) in [4.78, 5) is 0. The van der Waals surface area contributed by atoms with Crippen molar-refractivity contribution in [2.45, 2.75) is 13.5 Å². The summed E-state index contributed by atoms with van der Waals surface area (Å²) in [6.07, 6.45) is 0. The molecule has 0 spiro atoms. The third kappa shape index (κ3) is 2.52. The Morgan fingerprint density at radius 3 is 2.60 bits per heavy atom. The predicted molar refractivity (Wildman–Crippen MR) is 52.8 cm³/mol. The highest BCUT2D eigenvalue weighted by Gasteiger charge is 2.01. The highest BCUT2D eigenvalue weighted by Crippen LogP contribution is 2.09. The van der Waals surface area contributed by atoms with Crippen LogP contribution >= 0.6 is 0 Å². The monoisotopic (exact) mass is 207 g/mol. The molecule has 0 unspecified atom stereocenters. The fourth-order valence-corrected chi connectivity index (χ4v) is 1.15. The molecule has 5 heteroatoms. The van der Waals surface area contributed by atoms with Crippen molar-refractivity contribution < 1.29 is 8.81 Å². The molecular weight excluding hydrogens is 197 g/mol. The molecular formula is C10H10FN3O. The Balaban J connectivity index is 1.96. The van der Waals surface area contributed by atoms with E-state index in [2.05, 4.69) is 15.5 Å². The molecule has 0 aliphatic heterocycles. The first-order valence-electron chi connectivity index (χ1n) is 4.52. The minimum absolute atomic E-state index is 0.255. The maximum absolute atomic E-state index is 12.6. The number of rotatable bonds is 3. The molecule has 0 bridgehead atoms. The molecule has 1 aromatic carbocycles. The van der Waals surface area contributed by atoms with Crippen LogP contribution in [-0.4, -0.2) is 10.2 Å². The second-order valence-corrected chi connectivity index (χ2v) is 3.08. The van der Waals surface area contributed by atoms with Gasteiger partial charge in [0, 0.05) is 12.6 Å². The molecule has 0 fully saturated rings. The molecule has 4 nitrogen and oxygen atoms in total. The van der Waals surface area contributed by atoms with Gasteiger partial charge < -0.3 is 9.73 Å². The zero-order valence-electron chi connectivity index (χ0n) is 8.20. The molecule has 1 aromatic heterocycles. The van der Waals surface area contributed by atoms with Crippen LogP contribution in [0.2, 0.25) is 0 Å². The van der Waals surface area contributed by atoms with Gasteiger partial charge in [0.05, 0.1) is 6.54 Å². The summed E-state index contributed by atoms with van der Waals surface area (Å²) < 4.78 is 17.8. The van der Waals surface area contributed by atoms with Crippen LogP contribution in [-0.2, 0) is 6.54 Å². The first-order chi connectivity index (χ1) is 7.24. The van der Waals surface area contributed by atoms with Gasteiger partial charge in [-0.05, 0) is 24.3 Å². The Bertz CT molecular complexity index is 438. The third-order valence-corrected chi connectivity index (χ3v) is 1.86. The van der Waals surface area contributed by atoms with Crippen molar-refractivity contribution in [3.05, 3.63) is 41.9 Å². The molecule has 0 saturated carbocycles. The Morgan fingerprint density at radius 2 is 2.00 bits per heavy atom. The van der Waals surface area contributed by atoms with Crippen molar-refractivity contribution in [3.63, 3.8) is 0 Å². The van der Waals surface area contributed by atoms with Crippen molar-refractivity contribution >= 4 is 5.69 Å². The van der Waals surface area contributed by atoms with E-state index in [1.165, 1.54) is 12.1 Å². The largest absolute Gasteiger partial charge is 0.424 e. The zero-order chi connectivity index (χ0) is 10.7. The average molecular weight is 207 g/mol. The minimum atomic E-state index is -0.255. The second kappa shape index (κ2) is 4.08. The molecule has 15 heavy (non-hydrogen) atoms. The van der Waals surface area contributed by atoms with E-state index < -0.39 is 0 Å². The summed E-state index contributed by atoms with van der Waals surface area (Å²) in [6.45, 7) is 2.17. The Morgan fingerprint density at radius 1 is 1.27 bits per heavy atom. The number of anilines is 1. The van der Waals surface area contributed by atoms with Gasteiger partial charge in [0.15, 0.2) is 0 Å². The Labute approximate surface area is 86.1 Å². The van der Waals surface area contributed by atoms with Crippen LogP contribution in [0.4, 0.5) is 10.1 Å². The van der Waals surface area contributed by atoms with E-state index in [9.17, 15) is 4.39 Å². The maximum atomic E-state index is 12.6. The molecule has 0 saturated heterocycles. The number of hydrogen-bond donors (Lipinski definition) is 1. The minimum Gasteiger partial charge on any atom is -0.424 e. The summed E-state index contributed by atoms with van der Waals surface area (Å²) in [7, 11) is 0. The number of aromatic nitrogens is 2. The van der Waals surface area contributed by atoms with E-state index in [1.807, 2.05) is 0 Å². The van der Waals surface area contributed by atoms with Gasteiger partial charge in [0.2, 0.25) is 11.8 Å². The molecule has 0 radical (unpaired) electrons. The summed E-state index contributed by atoms with van der Waals surface area (Å²) in [6, 6.07) is 6.08. The van der Waals surface area contributed by atoms with Gasteiger partial charge in [-0.2, -0.15) is 0 Å². The van der Waals surface area contributed by atoms with E-state index in [0.717, 1.165) is 5.69 Å². The molecule has 0 aliphatic carbocycles. The van der Waals surface area contributed by atoms with E-state index in [1.54, 1.807) is 19.1 Å². The Kier molecular flexibility index (Phi) is 2.62. The predicted octanol–water partition coefficient (Wildman–Crippen LogP) is 2.13. The van der Waals surface area contributed by atoms with Crippen LogP contribution in [0.5, 0.6) is 0 Å². The van der Waals surface area contributed by atoms with Gasteiger partial charge in [-0.1, -0.05) is 0 Å². The van der Waals surface area contributed by atoms with Gasteiger partial charge in [0.1, 0.15) is 5.82 Å². The van der Waals surface area contributed by atoms with Crippen molar-refractivity contribution in [1.29, 1.82) is 0 Å². The Hall–Kier alpha value is -1.91. The van der Waals surface area contributed by atoms with Crippen LogP contribution in [0, 0.1) is 12.7 Å². The van der Waals surface area contributed by atoms with Gasteiger partial charge in [-0.3, -0.25) is 0 Å².